The van der Waals surface area contributed by atoms with Crippen molar-refractivity contribution >= 4 is 11.7 Å². The molecule has 1 aliphatic rings. The Balaban J connectivity index is 2.56. The van der Waals surface area contributed by atoms with E-state index in [0.717, 1.165) is 13.0 Å². The Bertz CT molecular complexity index is 652. The van der Waals surface area contributed by atoms with Crippen LogP contribution in [-0.4, -0.2) is 39.3 Å². The van der Waals surface area contributed by atoms with Gasteiger partial charge in [-0.25, -0.2) is 4.98 Å². The Morgan fingerprint density at radius 3 is 2.44 bits per heavy atom. The first kappa shape index (κ1) is 19.7. The van der Waals surface area contributed by atoms with Crippen LogP contribution in [0.15, 0.2) is 12.3 Å². The minimum absolute atomic E-state index is 0.164. The van der Waals surface area contributed by atoms with E-state index in [1.165, 1.54) is 0 Å². The van der Waals surface area contributed by atoms with Gasteiger partial charge in [0.15, 0.2) is 0 Å². The van der Waals surface area contributed by atoms with Crippen molar-refractivity contribution in [2.24, 2.45) is 17.1 Å². The quantitative estimate of drug-likeness (QED) is 0.774. The molecule has 0 aliphatic carbocycles. The van der Waals surface area contributed by atoms with E-state index < -0.39 is 23.5 Å². The van der Waals surface area contributed by atoms with Crippen LogP contribution >= 0.6 is 0 Å². The van der Waals surface area contributed by atoms with Gasteiger partial charge < -0.3 is 20.8 Å². The van der Waals surface area contributed by atoms with Crippen LogP contribution in [-0.2, 0) is 0 Å². The number of aromatic nitrogens is 1. The first-order valence-electron chi connectivity index (χ1n) is 8.78. The Morgan fingerprint density at radius 2 is 2.00 bits per heavy atom. The van der Waals surface area contributed by atoms with E-state index in [0.29, 0.717) is 17.3 Å². The Morgan fingerprint density at radius 1 is 1.40 bits per heavy atom. The largest absolute Gasteiger partial charge is 0.390 e. The summed E-state index contributed by atoms with van der Waals surface area (Å²) in [7, 11) is 0. The van der Waals surface area contributed by atoms with Gasteiger partial charge in [0.2, 0.25) is 0 Å². The molecule has 2 unspecified atom stereocenters. The predicted octanol–water partition coefficient (Wildman–Crippen LogP) is 2.25. The van der Waals surface area contributed by atoms with Gasteiger partial charge in [0.05, 0.1) is 11.7 Å². The molecule has 1 fully saturated rings. The molecule has 0 bridgehead atoms. The summed E-state index contributed by atoms with van der Waals surface area (Å²) in [5.74, 6) is 0.305. The molecule has 1 aromatic rings. The predicted molar refractivity (Wildman–Crippen MR) is 98.4 cm³/mol. The van der Waals surface area contributed by atoms with Crippen LogP contribution < -0.4 is 10.6 Å². The summed E-state index contributed by atoms with van der Waals surface area (Å²) < 4.78 is 0. The number of aliphatic hydroxyl groups excluding tert-OH is 2. The summed E-state index contributed by atoms with van der Waals surface area (Å²) in [5.41, 5.74) is 5.47. The van der Waals surface area contributed by atoms with E-state index in [1.807, 2.05) is 20.8 Å². The zero-order chi connectivity index (χ0) is 19.2. The summed E-state index contributed by atoms with van der Waals surface area (Å²) in [6.07, 6.45) is 0.290. The molecule has 1 amide bonds. The highest BCUT2D eigenvalue weighted by Gasteiger charge is 2.40. The number of rotatable bonds is 4. The van der Waals surface area contributed by atoms with Crippen molar-refractivity contribution in [1.29, 1.82) is 0 Å². The van der Waals surface area contributed by atoms with Crippen LogP contribution in [0.25, 0.3) is 0 Å². The number of aliphatic hydroxyl groups is 2. The highest BCUT2D eigenvalue weighted by atomic mass is 16.3. The minimum atomic E-state index is -1.22. The number of pyridine rings is 1. The Labute approximate surface area is 150 Å². The fourth-order valence-electron chi connectivity index (χ4n) is 3.77. The molecule has 6 nitrogen and oxygen atoms in total. The Hall–Kier alpha value is -1.66. The number of amides is 1. The lowest BCUT2D eigenvalue weighted by Crippen LogP contribution is -2.41. The molecule has 1 aliphatic heterocycles. The monoisotopic (exact) mass is 349 g/mol. The molecule has 3 atom stereocenters. The van der Waals surface area contributed by atoms with E-state index >= 15 is 0 Å². The second kappa shape index (κ2) is 6.57. The molecule has 1 saturated heterocycles. The van der Waals surface area contributed by atoms with E-state index in [1.54, 1.807) is 12.3 Å². The lowest BCUT2D eigenvalue weighted by atomic mass is 9.82. The topological polar surface area (TPSA) is 99.7 Å². The maximum Gasteiger partial charge on any atom is 0.252 e. The van der Waals surface area contributed by atoms with Crippen molar-refractivity contribution < 1.29 is 15.0 Å². The first-order valence-corrected chi connectivity index (χ1v) is 8.78. The third-order valence-electron chi connectivity index (χ3n) is 5.04. The average molecular weight is 349 g/mol. The number of nitrogens with zero attached hydrogens (tertiary/aromatic N) is 2. The number of hydrogen-bond donors (Lipinski definition) is 3. The normalized spacial score (nSPS) is 22.7. The summed E-state index contributed by atoms with van der Waals surface area (Å²) >= 11 is 0. The molecular weight excluding hydrogens is 318 g/mol. The van der Waals surface area contributed by atoms with Crippen molar-refractivity contribution in [3.05, 3.63) is 23.4 Å². The third-order valence-corrected chi connectivity index (χ3v) is 5.04. The van der Waals surface area contributed by atoms with Crippen LogP contribution in [0.2, 0.25) is 0 Å². The number of nitrogens with two attached hydrogens (primary N) is 1. The van der Waals surface area contributed by atoms with Crippen LogP contribution in [0.5, 0.6) is 0 Å². The lowest BCUT2D eigenvalue weighted by molar-refractivity contribution is -0.0460. The standard InChI is InChI=1S/C19H31N3O3/c1-11-9-19(5,6)22(10-11)17-13(16(20)25)12(7-8-21-17)14(23)15(24)18(2,3)4/h7-8,11,14-15,23-24H,9-10H2,1-6H3,(H2,20,25)/t11-,14?,15?/m0/s1. The molecule has 25 heavy (non-hydrogen) atoms. The SMILES string of the molecule is C[C@@H]1CN(c2nccc(C(O)C(O)C(C)(C)C)c2C(N)=O)C(C)(C)C1. The van der Waals surface area contributed by atoms with Crippen LogP contribution in [0, 0.1) is 11.3 Å². The number of primary amides is 1. The van der Waals surface area contributed by atoms with Gasteiger partial charge in [0.25, 0.3) is 5.91 Å². The highest BCUT2D eigenvalue weighted by molar-refractivity contribution is 5.99. The zero-order valence-electron chi connectivity index (χ0n) is 16.1. The molecule has 0 spiro atoms. The molecule has 0 aromatic carbocycles. The molecule has 6 heteroatoms. The van der Waals surface area contributed by atoms with E-state index in [9.17, 15) is 15.0 Å². The summed E-state index contributed by atoms with van der Waals surface area (Å²) in [4.78, 5) is 18.7. The van der Waals surface area contributed by atoms with Crippen molar-refractivity contribution in [1.82, 2.24) is 4.98 Å². The van der Waals surface area contributed by atoms with Crippen LogP contribution in [0.3, 0.4) is 0 Å². The lowest BCUT2D eigenvalue weighted by Gasteiger charge is -2.35. The highest BCUT2D eigenvalue weighted by Crippen LogP contribution is 2.40. The van der Waals surface area contributed by atoms with Crippen molar-refractivity contribution in [3.8, 4) is 0 Å². The zero-order valence-corrected chi connectivity index (χ0v) is 16.1. The van der Waals surface area contributed by atoms with Crippen molar-refractivity contribution in [3.63, 3.8) is 0 Å². The maximum atomic E-state index is 12.2. The van der Waals surface area contributed by atoms with Gasteiger partial charge >= 0.3 is 0 Å². The molecule has 2 heterocycles. The average Bonchev–Trinajstić information content (AvgIpc) is 2.76. The summed E-state index contributed by atoms with van der Waals surface area (Å²) in [5, 5.41) is 21.2. The number of carbonyl (C=O) groups is 1. The fourth-order valence-corrected chi connectivity index (χ4v) is 3.77. The van der Waals surface area contributed by atoms with E-state index in [-0.39, 0.29) is 11.1 Å². The number of carbonyl (C=O) groups excluding carboxylic acids is 1. The molecule has 0 saturated carbocycles. The smallest absolute Gasteiger partial charge is 0.252 e. The van der Waals surface area contributed by atoms with Gasteiger partial charge in [-0.05, 0) is 37.7 Å². The van der Waals surface area contributed by atoms with E-state index in [4.69, 9.17) is 5.73 Å². The fraction of sp³-hybridized carbons (Fsp3) is 0.684. The number of hydrogen-bond acceptors (Lipinski definition) is 5. The van der Waals surface area contributed by atoms with E-state index in [2.05, 4.69) is 30.7 Å². The van der Waals surface area contributed by atoms with Crippen molar-refractivity contribution in [2.75, 3.05) is 11.4 Å². The molecule has 140 valence electrons. The van der Waals surface area contributed by atoms with Crippen molar-refractivity contribution in [2.45, 2.75) is 65.7 Å². The van der Waals surface area contributed by atoms with Gasteiger partial charge in [-0.1, -0.05) is 27.7 Å². The molecule has 4 N–H and O–H groups in total. The second-order valence-corrected chi connectivity index (χ2v) is 8.95. The van der Waals surface area contributed by atoms with Gasteiger partial charge in [-0.2, -0.15) is 0 Å². The molecule has 1 aromatic heterocycles. The van der Waals surface area contributed by atoms with Gasteiger partial charge in [-0.3, -0.25) is 4.79 Å². The van der Waals surface area contributed by atoms with Crippen LogP contribution in [0.1, 0.15) is 70.0 Å². The second-order valence-electron chi connectivity index (χ2n) is 8.95. The first-order chi connectivity index (χ1) is 11.4. The molecule has 0 radical (unpaired) electrons. The Kier molecular flexibility index (Phi) is 5.17. The maximum absolute atomic E-state index is 12.2. The van der Waals surface area contributed by atoms with Gasteiger partial charge in [0, 0.05) is 23.8 Å². The number of anilines is 1. The van der Waals surface area contributed by atoms with Crippen LogP contribution in [0.4, 0.5) is 5.82 Å². The third kappa shape index (κ3) is 3.80. The minimum Gasteiger partial charge on any atom is -0.390 e. The molecule has 2 rings (SSSR count). The summed E-state index contributed by atoms with van der Waals surface area (Å²) in [6.45, 7) is 12.6. The molecular formula is C19H31N3O3. The van der Waals surface area contributed by atoms with Gasteiger partial charge in [-0.15, -0.1) is 0 Å². The summed E-state index contributed by atoms with van der Waals surface area (Å²) in [6, 6.07) is 1.57. The van der Waals surface area contributed by atoms with Gasteiger partial charge in [0.1, 0.15) is 11.9 Å².